The third-order valence-corrected chi connectivity index (χ3v) is 3.58. The molecule has 0 radical (unpaired) electrons. The van der Waals surface area contributed by atoms with Gasteiger partial charge in [-0.2, -0.15) is 0 Å². The minimum atomic E-state index is 0.163. The van der Waals surface area contributed by atoms with Crippen LogP contribution in [-0.2, 0) is 11.2 Å². The number of benzene rings is 2. The lowest BCUT2D eigenvalue weighted by Crippen LogP contribution is -2.05. The topological polar surface area (TPSA) is 42.9 Å². The van der Waals surface area contributed by atoms with Crippen LogP contribution in [0.3, 0.4) is 0 Å². The maximum Gasteiger partial charge on any atom is 0.160 e. The van der Waals surface area contributed by atoms with Crippen molar-refractivity contribution < 1.29 is 4.79 Å². The minimum absolute atomic E-state index is 0.163. The molecule has 0 N–H and O–H groups in total. The van der Waals surface area contributed by atoms with E-state index in [4.69, 9.17) is 0 Å². The number of allylic oxidation sites excluding steroid dienone is 1. The zero-order valence-corrected chi connectivity index (χ0v) is 10.1. The van der Waals surface area contributed by atoms with E-state index in [9.17, 15) is 4.79 Å². The van der Waals surface area contributed by atoms with Crippen molar-refractivity contribution in [1.29, 1.82) is 0 Å². The van der Waals surface area contributed by atoms with Crippen LogP contribution in [0.4, 0.5) is 0 Å². The second-order valence-corrected chi connectivity index (χ2v) is 4.77. The molecule has 0 aliphatic heterocycles. The molecule has 0 saturated carbocycles. The quantitative estimate of drug-likeness (QED) is 0.573. The number of carbonyl (C=O) groups excluding carboxylic acids is 1. The molecule has 0 atom stereocenters. The van der Waals surface area contributed by atoms with Gasteiger partial charge in [0.15, 0.2) is 5.78 Å². The van der Waals surface area contributed by atoms with Crippen molar-refractivity contribution in [2.24, 2.45) is 0 Å². The molecule has 1 aliphatic carbocycles. The smallest absolute Gasteiger partial charge is 0.160 e. The molecule has 0 unspecified atom stereocenters. The van der Waals surface area contributed by atoms with Gasteiger partial charge in [-0.1, -0.05) is 18.2 Å². The van der Waals surface area contributed by atoms with Crippen molar-refractivity contribution in [3.05, 3.63) is 54.0 Å². The highest BCUT2D eigenvalue weighted by molar-refractivity contribution is 6.08. The zero-order valence-electron chi connectivity index (χ0n) is 10.1. The Bertz CT molecular complexity index is 865. The van der Waals surface area contributed by atoms with E-state index in [0.717, 1.165) is 32.8 Å². The first kappa shape index (κ1) is 10.4. The van der Waals surface area contributed by atoms with Crippen molar-refractivity contribution >= 4 is 33.5 Å². The molecular weight excluding hydrogens is 236 g/mol. The fourth-order valence-corrected chi connectivity index (χ4v) is 2.64. The Balaban J connectivity index is 2.12. The third kappa shape index (κ3) is 1.55. The number of carbonyl (C=O) groups is 1. The summed E-state index contributed by atoms with van der Waals surface area (Å²) in [6.07, 6.45) is 7.43. The lowest BCUT2D eigenvalue weighted by Gasteiger charge is -2.12. The molecule has 0 bridgehead atoms. The van der Waals surface area contributed by atoms with E-state index in [0.29, 0.717) is 6.42 Å². The summed E-state index contributed by atoms with van der Waals surface area (Å²) in [5.41, 5.74) is 3.15. The fourth-order valence-electron chi connectivity index (χ4n) is 2.64. The van der Waals surface area contributed by atoms with Crippen LogP contribution in [0.5, 0.6) is 0 Å². The molecule has 0 spiro atoms. The minimum Gasteiger partial charge on any atom is -0.294 e. The van der Waals surface area contributed by atoms with Crippen molar-refractivity contribution in [3.8, 4) is 0 Å². The summed E-state index contributed by atoms with van der Waals surface area (Å²) < 4.78 is 0. The molecule has 0 amide bonds. The van der Waals surface area contributed by atoms with Crippen LogP contribution < -0.4 is 0 Å². The van der Waals surface area contributed by atoms with Crippen LogP contribution in [0.25, 0.3) is 27.8 Å². The molecule has 90 valence electrons. The highest BCUT2D eigenvalue weighted by atomic mass is 16.1. The van der Waals surface area contributed by atoms with Gasteiger partial charge in [0.1, 0.15) is 6.33 Å². The van der Waals surface area contributed by atoms with Crippen LogP contribution in [0.1, 0.15) is 11.1 Å². The van der Waals surface area contributed by atoms with Gasteiger partial charge in [-0.25, -0.2) is 9.97 Å². The Hall–Kier alpha value is -2.55. The van der Waals surface area contributed by atoms with E-state index in [2.05, 4.69) is 22.1 Å². The Kier molecular flexibility index (Phi) is 2.03. The molecule has 0 saturated heterocycles. The molecular formula is C16H10N2O. The van der Waals surface area contributed by atoms with Gasteiger partial charge >= 0.3 is 0 Å². The molecule has 0 fully saturated rings. The molecule has 3 nitrogen and oxygen atoms in total. The average molecular weight is 246 g/mol. The van der Waals surface area contributed by atoms with Crippen molar-refractivity contribution in [3.63, 3.8) is 0 Å². The number of nitrogens with zero attached hydrogens (tertiary/aromatic N) is 2. The molecule has 3 aromatic rings. The average Bonchev–Trinajstić information content (AvgIpc) is 2.45. The van der Waals surface area contributed by atoms with Gasteiger partial charge in [0.05, 0.1) is 5.52 Å². The lowest BCUT2D eigenvalue weighted by atomic mass is 9.92. The van der Waals surface area contributed by atoms with Crippen molar-refractivity contribution in [1.82, 2.24) is 9.97 Å². The van der Waals surface area contributed by atoms with Gasteiger partial charge in [-0.05, 0) is 40.1 Å². The highest BCUT2D eigenvalue weighted by Gasteiger charge is 2.12. The predicted molar refractivity (Wildman–Crippen MR) is 74.8 cm³/mol. The number of rotatable bonds is 0. The van der Waals surface area contributed by atoms with Crippen molar-refractivity contribution in [2.75, 3.05) is 0 Å². The molecule has 1 heterocycles. The van der Waals surface area contributed by atoms with Crippen molar-refractivity contribution in [2.45, 2.75) is 6.42 Å². The van der Waals surface area contributed by atoms with E-state index in [1.165, 1.54) is 0 Å². The van der Waals surface area contributed by atoms with Crippen LogP contribution in [0.15, 0.2) is 42.9 Å². The highest BCUT2D eigenvalue weighted by Crippen LogP contribution is 2.29. The molecule has 1 aromatic heterocycles. The summed E-state index contributed by atoms with van der Waals surface area (Å²) in [6, 6.07) is 8.26. The summed E-state index contributed by atoms with van der Waals surface area (Å²) in [4.78, 5) is 19.8. The molecule has 1 aliphatic rings. The van der Waals surface area contributed by atoms with Crippen LogP contribution in [-0.4, -0.2) is 15.8 Å². The van der Waals surface area contributed by atoms with Gasteiger partial charge in [0.2, 0.25) is 0 Å². The van der Waals surface area contributed by atoms with E-state index in [-0.39, 0.29) is 5.78 Å². The number of ketones is 1. The second kappa shape index (κ2) is 3.72. The first-order valence-electron chi connectivity index (χ1n) is 6.17. The first-order chi connectivity index (χ1) is 9.31. The maximum atomic E-state index is 11.5. The zero-order chi connectivity index (χ0) is 12.8. The van der Waals surface area contributed by atoms with E-state index >= 15 is 0 Å². The number of hydrogen-bond acceptors (Lipinski definition) is 3. The molecule has 3 heteroatoms. The largest absolute Gasteiger partial charge is 0.294 e. The van der Waals surface area contributed by atoms with E-state index < -0.39 is 0 Å². The molecule has 19 heavy (non-hydrogen) atoms. The number of fused-ring (bicyclic) bond motifs is 4. The molecule has 2 aromatic carbocycles. The van der Waals surface area contributed by atoms with E-state index in [1.807, 2.05) is 24.4 Å². The van der Waals surface area contributed by atoms with Crippen LogP contribution in [0.2, 0.25) is 0 Å². The summed E-state index contributed by atoms with van der Waals surface area (Å²) in [5, 5.41) is 3.31. The fraction of sp³-hybridized carbons (Fsp3) is 0.0625. The van der Waals surface area contributed by atoms with Gasteiger partial charge in [-0.15, -0.1) is 0 Å². The number of hydrogen-bond donors (Lipinski definition) is 0. The SMILES string of the molecule is O=C1C=Cc2cc3c(ccc4ncncc43)cc2C1. The van der Waals surface area contributed by atoms with Gasteiger partial charge in [-0.3, -0.25) is 4.79 Å². The van der Waals surface area contributed by atoms with Gasteiger partial charge in [0.25, 0.3) is 0 Å². The Morgan fingerprint density at radius 2 is 2.00 bits per heavy atom. The summed E-state index contributed by atoms with van der Waals surface area (Å²) in [6.45, 7) is 0. The van der Waals surface area contributed by atoms with Crippen LogP contribution in [0, 0.1) is 0 Å². The Morgan fingerprint density at radius 3 is 2.95 bits per heavy atom. The lowest BCUT2D eigenvalue weighted by molar-refractivity contribution is -0.114. The maximum absolute atomic E-state index is 11.5. The third-order valence-electron chi connectivity index (χ3n) is 3.58. The van der Waals surface area contributed by atoms with Gasteiger partial charge < -0.3 is 0 Å². The Labute approximate surface area is 109 Å². The summed E-state index contributed by atoms with van der Waals surface area (Å²) in [5.74, 6) is 0.163. The second-order valence-electron chi connectivity index (χ2n) is 4.77. The predicted octanol–water partition coefficient (Wildman–Crippen LogP) is 2.92. The number of aromatic nitrogens is 2. The van der Waals surface area contributed by atoms with Crippen LogP contribution >= 0.6 is 0 Å². The van der Waals surface area contributed by atoms with Gasteiger partial charge in [0, 0.05) is 18.0 Å². The first-order valence-corrected chi connectivity index (χ1v) is 6.17. The van der Waals surface area contributed by atoms with E-state index in [1.54, 1.807) is 12.4 Å². The normalized spacial score (nSPS) is 14.0. The molecule has 4 rings (SSSR count). The Morgan fingerprint density at radius 1 is 1.05 bits per heavy atom. The summed E-state index contributed by atoms with van der Waals surface area (Å²) >= 11 is 0. The monoisotopic (exact) mass is 246 g/mol. The summed E-state index contributed by atoms with van der Waals surface area (Å²) in [7, 11) is 0. The standard InChI is InChI=1S/C16H10N2O/c19-13-3-1-10-7-14-11(5-12(10)6-13)2-4-16-15(14)8-17-9-18-16/h1-5,7-9H,6H2.